The van der Waals surface area contributed by atoms with E-state index in [1.165, 1.54) is 22.6 Å². The van der Waals surface area contributed by atoms with E-state index in [2.05, 4.69) is 26.8 Å². The molecule has 0 bridgehead atoms. The summed E-state index contributed by atoms with van der Waals surface area (Å²) in [5.74, 6) is -0.515. The van der Waals surface area contributed by atoms with Crippen molar-refractivity contribution in [3.63, 3.8) is 0 Å². The van der Waals surface area contributed by atoms with Gasteiger partial charge in [-0.15, -0.1) is 5.10 Å². The molecule has 2 N–H and O–H groups in total. The van der Waals surface area contributed by atoms with E-state index in [1.807, 2.05) is 26.0 Å². The maximum Gasteiger partial charge on any atom is 0.353 e. The number of carbonyl (C=O) groups excluding carboxylic acids is 1. The number of nitrogens with one attached hydrogen (secondary N) is 2. The maximum absolute atomic E-state index is 13.3. The molecule has 4 rings (SSSR count). The van der Waals surface area contributed by atoms with Gasteiger partial charge in [-0.25, -0.2) is 23.3 Å². The first-order chi connectivity index (χ1) is 15.2. The van der Waals surface area contributed by atoms with Crippen molar-refractivity contribution in [2.75, 3.05) is 10.6 Å². The zero-order valence-electron chi connectivity index (χ0n) is 18.2. The first-order valence-corrected chi connectivity index (χ1v) is 10.1. The van der Waals surface area contributed by atoms with Crippen LogP contribution in [-0.2, 0) is 11.3 Å². The van der Waals surface area contributed by atoms with Crippen LogP contribution in [0.4, 0.5) is 21.7 Å². The molecule has 0 aliphatic heterocycles. The molecule has 2 heterocycles. The van der Waals surface area contributed by atoms with Gasteiger partial charge in [-0.2, -0.15) is 0 Å². The third kappa shape index (κ3) is 4.36. The molecule has 0 aliphatic rings. The Balaban J connectivity index is 1.65. The lowest BCUT2D eigenvalue weighted by molar-refractivity contribution is -0.117. The molecular formula is C23H23FN6O2. The molecule has 8 nitrogen and oxygen atoms in total. The number of hydrogen-bond donors (Lipinski definition) is 2. The zero-order chi connectivity index (χ0) is 23.0. The van der Waals surface area contributed by atoms with Gasteiger partial charge in [0.15, 0.2) is 5.65 Å². The molecule has 0 spiro atoms. The Hall–Kier alpha value is -4.01. The Kier molecular flexibility index (Phi) is 5.48. The molecule has 0 unspecified atom stereocenters. The number of hydrogen-bond acceptors (Lipinski definition) is 5. The van der Waals surface area contributed by atoms with Crippen LogP contribution < -0.4 is 16.3 Å². The Morgan fingerprint density at radius 3 is 2.44 bits per heavy atom. The van der Waals surface area contributed by atoms with Crippen LogP contribution in [0.1, 0.15) is 22.4 Å². The molecule has 0 radical (unpaired) electrons. The summed E-state index contributed by atoms with van der Waals surface area (Å²) in [4.78, 5) is 30.0. The molecule has 0 fully saturated rings. The number of halogens is 1. The van der Waals surface area contributed by atoms with Crippen LogP contribution in [0.15, 0.2) is 47.3 Å². The minimum absolute atomic E-state index is 0.292. The van der Waals surface area contributed by atoms with Crippen molar-refractivity contribution in [3.8, 4) is 0 Å². The van der Waals surface area contributed by atoms with Gasteiger partial charge in [0.2, 0.25) is 11.9 Å². The summed E-state index contributed by atoms with van der Waals surface area (Å²) in [6.07, 6.45) is 0. The van der Waals surface area contributed by atoms with Crippen molar-refractivity contribution in [3.05, 3.63) is 81.2 Å². The molecule has 2 aromatic carbocycles. The third-order valence-corrected chi connectivity index (χ3v) is 4.93. The summed E-state index contributed by atoms with van der Waals surface area (Å²) in [7, 11) is 0. The molecule has 0 aliphatic carbocycles. The van der Waals surface area contributed by atoms with Gasteiger partial charge in [-0.1, -0.05) is 6.07 Å². The van der Waals surface area contributed by atoms with Crippen molar-refractivity contribution in [2.45, 2.75) is 34.2 Å². The molecule has 9 heteroatoms. The van der Waals surface area contributed by atoms with Gasteiger partial charge < -0.3 is 10.6 Å². The van der Waals surface area contributed by atoms with E-state index in [0.717, 1.165) is 21.5 Å². The Morgan fingerprint density at radius 1 is 1.03 bits per heavy atom. The second-order valence-corrected chi connectivity index (χ2v) is 7.86. The summed E-state index contributed by atoms with van der Waals surface area (Å²) >= 11 is 0. The molecule has 0 saturated heterocycles. The SMILES string of the molecule is Cc1cc(C)cc(Nc2nc(C)cc3nn(CC(=O)Nc4ccc(F)cc4C)c(=O)n23)c1. The van der Waals surface area contributed by atoms with Crippen LogP contribution in [0, 0.1) is 33.5 Å². The number of aryl methyl sites for hydroxylation is 4. The second kappa shape index (κ2) is 8.26. The summed E-state index contributed by atoms with van der Waals surface area (Å²) in [6.45, 7) is 7.18. The van der Waals surface area contributed by atoms with Gasteiger partial charge in [0, 0.05) is 23.1 Å². The quantitative estimate of drug-likeness (QED) is 0.500. The van der Waals surface area contributed by atoms with Crippen LogP contribution in [0.5, 0.6) is 0 Å². The van der Waals surface area contributed by atoms with E-state index in [0.29, 0.717) is 28.5 Å². The summed E-state index contributed by atoms with van der Waals surface area (Å²) in [5.41, 5.74) is 4.56. The highest BCUT2D eigenvalue weighted by Gasteiger charge is 2.16. The summed E-state index contributed by atoms with van der Waals surface area (Å²) < 4.78 is 15.7. The minimum atomic E-state index is -0.495. The number of rotatable bonds is 5. The summed E-state index contributed by atoms with van der Waals surface area (Å²) in [6, 6.07) is 11.7. The number of amides is 1. The number of aromatic nitrogens is 4. The Labute approximate surface area is 183 Å². The van der Waals surface area contributed by atoms with Crippen molar-refractivity contribution in [1.29, 1.82) is 0 Å². The molecule has 0 atom stereocenters. The van der Waals surface area contributed by atoms with Crippen LogP contribution in [0.2, 0.25) is 0 Å². The number of fused-ring (bicyclic) bond motifs is 1. The van der Waals surface area contributed by atoms with Gasteiger partial charge in [-0.3, -0.25) is 4.79 Å². The number of nitrogens with zero attached hydrogens (tertiary/aromatic N) is 4. The first kappa shape index (κ1) is 21.2. The average Bonchev–Trinajstić information content (AvgIpc) is 2.98. The van der Waals surface area contributed by atoms with E-state index in [-0.39, 0.29) is 12.4 Å². The molecule has 4 aromatic rings. The summed E-state index contributed by atoms with van der Waals surface area (Å²) in [5, 5.41) is 10.2. The number of benzene rings is 2. The fourth-order valence-corrected chi connectivity index (χ4v) is 3.61. The average molecular weight is 434 g/mol. The van der Waals surface area contributed by atoms with Crippen LogP contribution >= 0.6 is 0 Å². The molecule has 0 saturated carbocycles. The third-order valence-electron chi connectivity index (χ3n) is 4.93. The zero-order valence-corrected chi connectivity index (χ0v) is 18.2. The van der Waals surface area contributed by atoms with E-state index >= 15 is 0 Å². The van der Waals surface area contributed by atoms with E-state index in [9.17, 15) is 14.0 Å². The fourth-order valence-electron chi connectivity index (χ4n) is 3.61. The monoisotopic (exact) mass is 434 g/mol. The molecule has 2 aromatic heterocycles. The normalized spacial score (nSPS) is 11.0. The van der Waals surface area contributed by atoms with Crippen molar-refractivity contribution in [1.82, 2.24) is 19.2 Å². The van der Waals surface area contributed by atoms with Crippen molar-refractivity contribution < 1.29 is 9.18 Å². The Bertz CT molecular complexity index is 1390. The molecular weight excluding hydrogens is 411 g/mol. The number of anilines is 3. The predicted molar refractivity (Wildman–Crippen MR) is 121 cm³/mol. The van der Waals surface area contributed by atoms with Crippen molar-refractivity contribution in [2.24, 2.45) is 0 Å². The largest absolute Gasteiger partial charge is 0.353 e. The first-order valence-electron chi connectivity index (χ1n) is 10.1. The van der Waals surface area contributed by atoms with Crippen LogP contribution in [-0.4, -0.2) is 25.1 Å². The Morgan fingerprint density at radius 2 is 1.75 bits per heavy atom. The molecule has 164 valence electrons. The van der Waals surface area contributed by atoms with E-state index < -0.39 is 11.6 Å². The highest BCUT2D eigenvalue weighted by Crippen LogP contribution is 2.19. The molecule has 32 heavy (non-hydrogen) atoms. The predicted octanol–water partition coefficient (Wildman–Crippen LogP) is 3.65. The van der Waals surface area contributed by atoms with Gasteiger partial charge >= 0.3 is 5.69 Å². The lowest BCUT2D eigenvalue weighted by Crippen LogP contribution is -2.29. The highest BCUT2D eigenvalue weighted by molar-refractivity contribution is 5.91. The standard InChI is InChI=1S/C23H23FN6O2/c1-13-7-14(2)9-18(8-13)26-22-25-16(4)11-20-28-29(23(32)30(20)22)12-21(31)27-19-6-5-17(24)10-15(19)3/h5-11H,12H2,1-4H3,(H,25,26)(H,27,31). The van der Waals surface area contributed by atoms with Crippen LogP contribution in [0.3, 0.4) is 0 Å². The van der Waals surface area contributed by atoms with E-state index in [1.54, 1.807) is 19.9 Å². The van der Waals surface area contributed by atoms with Gasteiger partial charge in [-0.05, 0) is 74.7 Å². The minimum Gasteiger partial charge on any atom is -0.325 e. The second-order valence-electron chi connectivity index (χ2n) is 7.86. The van der Waals surface area contributed by atoms with Crippen LogP contribution in [0.25, 0.3) is 5.65 Å². The fraction of sp³-hybridized carbons (Fsp3) is 0.217. The number of carbonyl (C=O) groups is 1. The maximum atomic E-state index is 13.3. The van der Waals surface area contributed by atoms with E-state index in [4.69, 9.17) is 0 Å². The molecule has 1 amide bonds. The van der Waals surface area contributed by atoms with Gasteiger partial charge in [0.05, 0.1) is 0 Å². The van der Waals surface area contributed by atoms with Gasteiger partial charge in [0.25, 0.3) is 0 Å². The highest BCUT2D eigenvalue weighted by atomic mass is 19.1. The lowest BCUT2D eigenvalue weighted by atomic mass is 10.1. The topological polar surface area (TPSA) is 93.3 Å². The smallest absolute Gasteiger partial charge is 0.325 e. The van der Waals surface area contributed by atoms with Crippen molar-refractivity contribution >= 4 is 28.9 Å². The van der Waals surface area contributed by atoms with Gasteiger partial charge in [0.1, 0.15) is 12.4 Å². The lowest BCUT2D eigenvalue weighted by Gasteiger charge is -2.10.